The van der Waals surface area contributed by atoms with E-state index in [4.69, 9.17) is 9.47 Å². The molecule has 0 bridgehead atoms. The summed E-state index contributed by atoms with van der Waals surface area (Å²) in [5.74, 6) is -0.202. The number of rotatable bonds is 5. The molecule has 2 aliphatic heterocycles. The molecule has 3 fully saturated rings. The van der Waals surface area contributed by atoms with Crippen LogP contribution in [0.15, 0.2) is 0 Å². The number of nitrogens with zero attached hydrogens (tertiary/aromatic N) is 1. The monoisotopic (exact) mass is 282 g/mol. The Morgan fingerprint density at radius 3 is 2.40 bits per heavy atom. The van der Waals surface area contributed by atoms with Crippen LogP contribution in [0.3, 0.4) is 0 Å². The van der Waals surface area contributed by atoms with Crippen molar-refractivity contribution in [2.24, 2.45) is 0 Å². The maximum atomic E-state index is 5.78. The number of piperidine rings is 1. The first-order valence-electron chi connectivity index (χ1n) is 8.60. The van der Waals surface area contributed by atoms with Crippen molar-refractivity contribution in [1.29, 1.82) is 0 Å². The molecule has 0 aromatic carbocycles. The van der Waals surface area contributed by atoms with Gasteiger partial charge in [0.1, 0.15) is 0 Å². The molecule has 0 atom stereocenters. The van der Waals surface area contributed by atoms with Gasteiger partial charge in [-0.25, -0.2) is 0 Å². The van der Waals surface area contributed by atoms with Crippen molar-refractivity contribution < 1.29 is 9.47 Å². The molecule has 0 radical (unpaired) electrons. The fraction of sp³-hybridized carbons (Fsp3) is 1.00. The molecular formula is C16H30N2O2. The van der Waals surface area contributed by atoms with E-state index in [1.807, 2.05) is 0 Å². The highest BCUT2D eigenvalue weighted by molar-refractivity contribution is 4.85. The van der Waals surface area contributed by atoms with Crippen LogP contribution < -0.4 is 5.32 Å². The van der Waals surface area contributed by atoms with E-state index in [2.05, 4.69) is 10.2 Å². The molecule has 20 heavy (non-hydrogen) atoms. The predicted molar refractivity (Wildman–Crippen MR) is 79.8 cm³/mol. The Balaban J connectivity index is 1.26. The summed E-state index contributed by atoms with van der Waals surface area (Å²) in [7, 11) is 0. The Morgan fingerprint density at radius 2 is 1.70 bits per heavy atom. The van der Waals surface area contributed by atoms with Crippen LogP contribution in [-0.4, -0.2) is 56.1 Å². The van der Waals surface area contributed by atoms with Gasteiger partial charge in [0.2, 0.25) is 0 Å². The standard InChI is InChI=1S/C16H30N2O2/c1-2-10-18(11-3-1)12-4-9-17-15-5-7-16(8-6-15)19-13-14-20-16/h15,17H,1-14H2. The Kier molecular flexibility index (Phi) is 5.32. The number of hydrogen-bond donors (Lipinski definition) is 1. The normalized spacial score (nSPS) is 28.2. The van der Waals surface area contributed by atoms with Crippen LogP contribution >= 0.6 is 0 Å². The fourth-order valence-electron chi connectivity index (χ4n) is 3.84. The lowest BCUT2D eigenvalue weighted by atomic mass is 9.90. The summed E-state index contributed by atoms with van der Waals surface area (Å²) in [6.07, 6.45) is 10.1. The van der Waals surface area contributed by atoms with Gasteiger partial charge in [0, 0.05) is 18.9 Å². The summed E-state index contributed by atoms with van der Waals surface area (Å²) in [6, 6.07) is 0.676. The maximum Gasteiger partial charge on any atom is 0.168 e. The number of nitrogens with one attached hydrogen (secondary N) is 1. The van der Waals surface area contributed by atoms with Crippen LogP contribution in [0.2, 0.25) is 0 Å². The van der Waals surface area contributed by atoms with Crippen LogP contribution in [0.25, 0.3) is 0 Å². The van der Waals surface area contributed by atoms with Crippen molar-refractivity contribution in [3.8, 4) is 0 Å². The molecule has 116 valence electrons. The van der Waals surface area contributed by atoms with Gasteiger partial charge in [-0.15, -0.1) is 0 Å². The summed E-state index contributed by atoms with van der Waals surface area (Å²) >= 11 is 0. The molecule has 1 aliphatic carbocycles. The Bertz CT molecular complexity index is 276. The highest BCUT2D eigenvalue weighted by Gasteiger charge is 2.39. The molecule has 0 amide bonds. The number of ether oxygens (including phenoxy) is 2. The zero-order chi connectivity index (χ0) is 13.7. The first-order chi connectivity index (χ1) is 9.86. The zero-order valence-corrected chi connectivity index (χ0v) is 12.7. The molecule has 1 N–H and O–H groups in total. The van der Waals surface area contributed by atoms with E-state index < -0.39 is 0 Å². The topological polar surface area (TPSA) is 33.7 Å². The molecule has 3 rings (SSSR count). The third-order valence-electron chi connectivity index (χ3n) is 5.09. The summed E-state index contributed by atoms with van der Waals surface area (Å²) in [5, 5.41) is 3.73. The third-order valence-corrected chi connectivity index (χ3v) is 5.09. The highest BCUT2D eigenvalue weighted by atomic mass is 16.7. The second-order valence-corrected chi connectivity index (χ2v) is 6.59. The molecule has 1 spiro atoms. The molecule has 1 saturated carbocycles. The van der Waals surface area contributed by atoms with E-state index >= 15 is 0 Å². The van der Waals surface area contributed by atoms with Crippen LogP contribution in [0.4, 0.5) is 0 Å². The molecular weight excluding hydrogens is 252 g/mol. The van der Waals surface area contributed by atoms with E-state index in [1.165, 1.54) is 58.2 Å². The first kappa shape index (κ1) is 14.8. The predicted octanol–water partition coefficient (Wildman–Crippen LogP) is 2.14. The van der Waals surface area contributed by atoms with Crippen molar-refractivity contribution in [2.75, 3.05) is 39.4 Å². The second kappa shape index (κ2) is 7.21. The lowest BCUT2D eigenvalue weighted by Gasteiger charge is -2.35. The largest absolute Gasteiger partial charge is 0.348 e. The SMILES string of the molecule is C1CCN(CCCNC2CCC3(CC2)OCCO3)CC1. The quantitative estimate of drug-likeness (QED) is 0.783. The molecule has 3 aliphatic rings. The van der Waals surface area contributed by atoms with Crippen LogP contribution in [0.5, 0.6) is 0 Å². The minimum Gasteiger partial charge on any atom is -0.348 e. The van der Waals surface area contributed by atoms with Gasteiger partial charge in [-0.1, -0.05) is 6.42 Å². The molecule has 4 heteroatoms. The van der Waals surface area contributed by atoms with Gasteiger partial charge < -0.3 is 19.7 Å². The van der Waals surface area contributed by atoms with E-state index in [-0.39, 0.29) is 5.79 Å². The Morgan fingerprint density at radius 1 is 1.00 bits per heavy atom. The molecule has 0 unspecified atom stereocenters. The van der Waals surface area contributed by atoms with Crippen molar-refractivity contribution in [1.82, 2.24) is 10.2 Å². The van der Waals surface area contributed by atoms with Crippen LogP contribution in [0, 0.1) is 0 Å². The van der Waals surface area contributed by atoms with Crippen molar-refractivity contribution >= 4 is 0 Å². The van der Waals surface area contributed by atoms with Crippen LogP contribution in [0.1, 0.15) is 51.4 Å². The third kappa shape index (κ3) is 3.94. The summed E-state index contributed by atoms with van der Waals surface area (Å²) in [6.45, 7) is 6.65. The van der Waals surface area contributed by atoms with E-state index in [0.29, 0.717) is 6.04 Å². The lowest BCUT2D eigenvalue weighted by Crippen LogP contribution is -2.42. The van der Waals surface area contributed by atoms with E-state index in [9.17, 15) is 0 Å². The Labute approximate surface area is 123 Å². The smallest absolute Gasteiger partial charge is 0.168 e. The van der Waals surface area contributed by atoms with Gasteiger partial charge in [0.15, 0.2) is 5.79 Å². The second-order valence-electron chi connectivity index (χ2n) is 6.59. The number of hydrogen-bond acceptors (Lipinski definition) is 4. The summed E-state index contributed by atoms with van der Waals surface area (Å²) < 4.78 is 11.6. The van der Waals surface area contributed by atoms with E-state index in [0.717, 1.165) is 32.6 Å². The van der Waals surface area contributed by atoms with Crippen LogP contribution in [-0.2, 0) is 9.47 Å². The molecule has 4 nitrogen and oxygen atoms in total. The highest BCUT2D eigenvalue weighted by Crippen LogP contribution is 2.35. The number of likely N-dealkylation sites (tertiary alicyclic amines) is 1. The van der Waals surface area contributed by atoms with Gasteiger partial charge >= 0.3 is 0 Å². The molecule has 0 aromatic heterocycles. The molecule has 2 heterocycles. The van der Waals surface area contributed by atoms with Gasteiger partial charge in [0.05, 0.1) is 13.2 Å². The van der Waals surface area contributed by atoms with Gasteiger partial charge in [0.25, 0.3) is 0 Å². The fourth-order valence-corrected chi connectivity index (χ4v) is 3.84. The first-order valence-corrected chi connectivity index (χ1v) is 8.60. The summed E-state index contributed by atoms with van der Waals surface area (Å²) in [5.41, 5.74) is 0. The van der Waals surface area contributed by atoms with Crippen molar-refractivity contribution in [3.05, 3.63) is 0 Å². The minimum atomic E-state index is -0.202. The van der Waals surface area contributed by atoms with Gasteiger partial charge in [-0.2, -0.15) is 0 Å². The zero-order valence-electron chi connectivity index (χ0n) is 12.7. The minimum absolute atomic E-state index is 0.202. The maximum absolute atomic E-state index is 5.78. The average Bonchev–Trinajstić information content (AvgIpc) is 2.95. The molecule has 2 saturated heterocycles. The van der Waals surface area contributed by atoms with Crippen molar-refractivity contribution in [3.63, 3.8) is 0 Å². The molecule has 0 aromatic rings. The van der Waals surface area contributed by atoms with Gasteiger partial charge in [-0.05, 0) is 58.3 Å². The van der Waals surface area contributed by atoms with E-state index in [1.54, 1.807) is 0 Å². The lowest BCUT2D eigenvalue weighted by molar-refractivity contribution is -0.179. The van der Waals surface area contributed by atoms with Crippen molar-refractivity contribution in [2.45, 2.75) is 63.2 Å². The Hall–Kier alpha value is -0.160. The summed E-state index contributed by atoms with van der Waals surface area (Å²) in [4.78, 5) is 2.63. The average molecular weight is 282 g/mol. The van der Waals surface area contributed by atoms with Gasteiger partial charge in [-0.3, -0.25) is 0 Å².